The number of sulfonamides is 1. The molecular formula is C17H19N3O3S2. The monoisotopic (exact) mass is 377 g/mol. The Morgan fingerprint density at radius 1 is 1.16 bits per heavy atom. The van der Waals surface area contributed by atoms with E-state index in [9.17, 15) is 8.42 Å². The van der Waals surface area contributed by atoms with Crippen LogP contribution in [0.5, 0.6) is 5.75 Å². The number of pyridine rings is 1. The van der Waals surface area contributed by atoms with E-state index in [1.54, 1.807) is 36.0 Å². The van der Waals surface area contributed by atoms with E-state index >= 15 is 0 Å². The van der Waals surface area contributed by atoms with E-state index in [1.807, 2.05) is 35.0 Å². The van der Waals surface area contributed by atoms with Gasteiger partial charge >= 0.3 is 0 Å². The van der Waals surface area contributed by atoms with Gasteiger partial charge in [-0.25, -0.2) is 17.7 Å². The molecule has 25 heavy (non-hydrogen) atoms. The maximum atomic E-state index is 12.0. The second kappa shape index (κ2) is 7.47. The number of hydrogen-bond donors (Lipinski definition) is 0. The van der Waals surface area contributed by atoms with E-state index in [1.165, 1.54) is 18.4 Å². The van der Waals surface area contributed by atoms with Gasteiger partial charge in [0.1, 0.15) is 5.75 Å². The Bertz CT molecular complexity index is 951. The van der Waals surface area contributed by atoms with Crippen molar-refractivity contribution >= 4 is 27.3 Å². The van der Waals surface area contributed by atoms with E-state index in [2.05, 4.69) is 4.98 Å². The summed E-state index contributed by atoms with van der Waals surface area (Å²) in [4.78, 5) is 4.65. The van der Waals surface area contributed by atoms with Gasteiger partial charge in [-0.15, -0.1) is 0 Å². The summed E-state index contributed by atoms with van der Waals surface area (Å²) >= 11 is 1.61. The lowest BCUT2D eigenvalue weighted by Crippen LogP contribution is -2.22. The Balaban J connectivity index is 1.54. The van der Waals surface area contributed by atoms with Crippen LogP contribution in [0.3, 0.4) is 0 Å². The molecule has 0 radical (unpaired) electrons. The fraction of sp³-hybridized carbons (Fsp3) is 0.235. The second-order valence-corrected chi connectivity index (χ2v) is 8.71. The van der Waals surface area contributed by atoms with Crippen LogP contribution < -0.4 is 4.74 Å². The van der Waals surface area contributed by atoms with Crippen LogP contribution in [0.15, 0.2) is 64.9 Å². The standard InChI is InChI=1S/C17H19N3O3S2/c1-19(2)25(21,22)16-8-6-15(7-9-16)23-11-12-24-17-18-13-14-5-3-4-10-20(14)17/h3-10,13H,11-12H2,1-2H3. The van der Waals surface area contributed by atoms with Crippen molar-refractivity contribution in [2.45, 2.75) is 10.1 Å². The van der Waals surface area contributed by atoms with E-state index in [0.717, 1.165) is 16.4 Å². The van der Waals surface area contributed by atoms with Gasteiger partial charge in [0.15, 0.2) is 5.16 Å². The first-order chi connectivity index (χ1) is 12.0. The number of thioether (sulfide) groups is 1. The van der Waals surface area contributed by atoms with Gasteiger partial charge in [-0.05, 0) is 36.4 Å². The first-order valence-electron chi connectivity index (χ1n) is 7.69. The highest BCUT2D eigenvalue weighted by Gasteiger charge is 2.16. The molecule has 2 heterocycles. The lowest BCUT2D eigenvalue weighted by Gasteiger charge is -2.12. The molecule has 0 amide bonds. The molecule has 0 atom stereocenters. The predicted octanol–water partition coefficient (Wildman–Crippen LogP) is 2.76. The van der Waals surface area contributed by atoms with Crippen LogP contribution in [0.2, 0.25) is 0 Å². The fourth-order valence-corrected chi connectivity index (χ4v) is 3.92. The highest BCUT2D eigenvalue weighted by atomic mass is 32.2. The topological polar surface area (TPSA) is 63.9 Å². The summed E-state index contributed by atoms with van der Waals surface area (Å²) in [5, 5.41) is 0.923. The van der Waals surface area contributed by atoms with Gasteiger partial charge in [0.2, 0.25) is 10.0 Å². The molecule has 0 unspecified atom stereocenters. The molecule has 0 fully saturated rings. The summed E-state index contributed by atoms with van der Waals surface area (Å²) < 4.78 is 32.9. The summed E-state index contributed by atoms with van der Waals surface area (Å²) in [5.74, 6) is 1.39. The molecule has 8 heteroatoms. The SMILES string of the molecule is CN(C)S(=O)(=O)c1ccc(OCCSc2ncc3ccccn23)cc1. The van der Waals surface area contributed by atoms with Gasteiger partial charge in [0.05, 0.1) is 23.2 Å². The molecule has 0 aliphatic heterocycles. The fourth-order valence-electron chi connectivity index (χ4n) is 2.24. The zero-order valence-electron chi connectivity index (χ0n) is 14.0. The smallest absolute Gasteiger partial charge is 0.242 e. The number of nitrogens with zero attached hydrogens (tertiary/aromatic N) is 3. The van der Waals surface area contributed by atoms with Crippen molar-refractivity contribution < 1.29 is 13.2 Å². The number of ether oxygens (including phenoxy) is 1. The van der Waals surface area contributed by atoms with Gasteiger partial charge in [0.25, 0.3) is 0 Å². The number of fused-ring (bicyclic) bond motifs is 1. The van der Waals surface area contributed by atoms with Gasteiger partial charge in [0, 0.05) is 26.0 Å². The maximum Gasteiger partial charge on any atom is 0.242 e. The molecule has 1 aromatic carbocycles. The van der Waals surface area contributed by atoms with Crippen LogP contribution in [0.4, 0.5) is 0 Å². The summed E-state index contributed by atoms with van der Waals surface area (Å²) in [6, 6.07) is 12.4. The largest absolute Gasteiger partial charge is 0.493 e. The highest BCUT2D eigenvalue weighted by molar-refractivity contribution is 7.99. The molecule has 0 saturated heterocycles. The van der Waals surface area contributed by atoms with E-state index in [-0.39, 0.29) is 4.90 Å². The Morgan fingerprint density at radius 3 is 2.64 bits per heavy atom. The third kappa shape index (κ3) is 3.97. The molecular weight excluding hydrogens is 358 g/mol. The summed E-state index contributed by atoms with van der Waals surface area (Å²) in [7, 11) is -0.386. The van der Waals surface area contributed by atoms with Crippen molar-refractivity contribution in [1.82, 2.24) is 13.7 Å². The summed E-state index contributed by atoms with van der Waals surface area (Å²) in [6.07, 6.45) is 3.82. The molecule has 3 rings (SSSR count). The Hall–Kier alpha value is -2.03. The molecule has 132 valence electrons. The Kier molecular flexibility index (Phi) is 5.31. The molecule has 0 N–H and O–H groups in total. The lowest BCUT2D eigenvalue weighted by molar-refractivity contribution is 0.343. The molecule has 0 spiro atoms. The summed E-state index contributed by atoms with van der Waals surface area (Å²) in [5.41, 5.74) is 1.06. The van der Waals surface area contributed by atoms with Crippen molar-refractivity contribution in [3.05, 3.63) is 54.9 Å². The zero-order chi connectivity index (χ0) is 17.9. The Morgan fingerprint density at radius 2 is 1.92 bits per heavy atom. The van der Waals surface area contributed by atoms with E-state index in [4.69, 9.17) is 4.74 Å². The molecule has 0 aliphatic rings. The Labute approximate surface area is 151 Å². The molecule has 6 nitrogen and oxygen atoms in total. The number of hydrogen-bond acceptors (Lipinski definition) is 5. The minimum atomic E-state index is -3.41. The summed E-state index contributed by atoms with van der Waals surface area (Å²) in [6.45, 7) is 0.506. The third-order valence-corrected chi connectivity index (χ3v) is 6.35. The van der Waals surface area contributed by atoms with Crippen LogP contribution in [-0.4, -0.2) is 48.6 Å². The normalized spacial score (nSPS) is 12.0. The average molecular weight is 377 g/mol. The van der Waals surface area contributed by atoms with Crippen molar-refractivity contribution in [2.24, 2.45) is 0 Å². The number of imidazole rings is 1. The minimum absolute atomic E-state index is 0.253. The van der Waals surface area contributed by atoms with Crippen molar-refractivity contribution in [3.63, 3.8) is 0 Å². The number of benzene rings is 1. The zero-order valence-corrected chi connectivity index (χ0v) is 15.6. The van der Waals surface area contributed by atoms with E-state index in [0.29, 0.717) is 12.4 Å². The predicted molar refractivity (Wildman–Crippen MR) is 98.7 cm³/mol. The quantitative estimate of drug-likeness (QED) is 0.468. The molecule has 0 saturated carbocycles. The van der Waals surface area contributed by atoms with Crippen LogP contribution in [-0.2, 0) is 10.0 Å². The van der Waals surface area contributed by atoms with Gasteiger partial charge in [-0.2, -0.15) is 0 Å². The highest BCUT2D eigenvalue weighted by Crippen LogP contribution is 2.20. The molecule has 0 aliphatic carbocycles. The number of rotatable bonds is 7. The number of aromatic nitrogens is 2. The van der Waals surface area contributed by atoms with Gasteiger partial charge in [-0.1, -0.05) is 17.8 Å². The van der Waals surface area contributed by atoms with Gasteiger partial charge < -0.3 is 4.74 Å². The van der Waals surface area contributed by atoms with Crippen LogP contribution in [0.25, 0.3) is 5.52 Å². The molecule has 3 aromatic rings. The molecule has 0 bridgehead atoms. The average Bonchev–Trinajstić information content (AvgIpc) is 3.02. The van der Waals surface area contributed by atoms with E-state index < -0.39 is 10.0 Å². The van der Waals surface area contributed by atoms with Crippen LogP contribution in [0.1, 0.15) is 0 Å². The van der Waals surface area contributed by atoms with Crippen molar-refractivity contribution in [1.29, 1.82) is 0 Å². The maximum absolute atomic E-state index is 12.0. The molecule has 2 aromatic heterocycles. The van der Waals surface area contributed by atoms with Crippen LogP contribution >= 0.6 is 11.8 Å². The second-order valence-electron chi connectivity index (χ2n) is 5.49. The lowest BCUT2D eigenvalue weighted by atomic mass is 10.3. The first-order valence-corrected chi connectivity index (χ1v) is 10.1. The first kappa shape index (κ1) is 17.8. The van der Waals surface area contributed by atoms with Crippen molar-refractivity contribution in [3.8, 4) is 5.75 Å². The third-order valence-electron chi connectivity index (χ3n) is 3.59. The van der Waals surface area contributed by atoms with Crippen LogP contribution in [0, 0.1) is 0 Å². The minimum Gasteiger partial charge on any atom is -0.493 e. The van der Waals surface area contributed by atoms with Gasteiger partial charge in [-0.3, -0.25) is 4.40 Å². The van der Waals surface area contributed by atoms with Crippen molar-refractivity contribution in [2.75, 3.05) is 26.5 Å².